The van der Waals surface area contributed by atoms with Gasteiger partial charge in [-0.1, -0.05) is 11.6 Å². The van der Waals surface area contributed by atoms with Crippen LogP contribution in [0.15, 0.2) is 36.5 Å². The van der Waals surface area contributed by atoms with E-state index in [0.29, 0.717) is 50.0 Å². The molecule has 29 heavy (non-hydrogen) atoms. The topological polar surface area (TPSA) is 45.7 Å². The third-order valence-corrected chi connectivity index (χ3v) is 5.50. The number of carbonyl (C=O) groups is 1. The molecule has 9 heteroatoms. The van der Waals surface area contributed by atoms with Crippen LogP contribution in [0.4, 0.5) is 19.0 Å². The van der Waals surface area contributed by atoms with Gasteiger partial charge in [-0.3, -0.25) is 4.79 Å². The van der Waals surface area contributed by atoms with E-state index in [2.05, 4.69) is 4.98 Å². The fourth-order valence-corrected chi connectivity index (χ4v) is 3.87. The maximum absolute atomic E-state index is 12.9. The molecule has 0 radical (unpaired) electrons. The molecular formula is C20H19ClF3N3O2. The molecule has 2 aliphatic heterocycles. The van der Waals surface area contributed by atoms with Crippen LogP contribution in [0.3, 0.4) is 0 Å². The van der Waals surface area contributed by atoms with Crippen molar-refractivity contribution in [2.75, 3.05) is 37.7 Å². The van der Waals surface area contributed by atoms with Crippen molar-refractivity contribution in [1.82, 2.24) is 9.88 Å². The van der Waals surface area contributed by atoms with E-state index in [1.54, 1.807) is 11.0 Å². The highest BCUT2D eigenvalue weighted by molar-refractivity contribution is 6.30. The smallest absolute Gasteiger partial charge is 0.417 e. The predicted molar refractivity (Wildman–Crippen MR) is 102 cm³/mol. The summed E-state index contributed by atoms with van der Waals surface area (Å²) in [6.45, 7) is 2.33. The van der Waals surface area contributed by atoms with Gasteiger partial charge in [0.15, 0.2) is 0 Å². The van der Waals surface area contributed by atoms with Gasteiger partial charge < -0.3 is 14.5 Å². The molecule has 3 heterocycles. The zero-order chi connectivity index (χ0) is 20.6. The minimum atomic E-state index is -4.40. The van der Waals surface area contributed by atoms with E-state index in [0.717, 1.165) is 23.6 Å². The molecule has 1 aromatic carbocycles. The highest BCUT2D eigenvalue weighted by Crippen LogP contribution is 2.31. The van der Waals surface area contributed by atoms with E-state index < -0.39 is 11.7 Å². The zero-order valence-corrected chi connectivity index (χ0v) is 16.2. The number of benzene rings is 1. The van der Waals surface area contributed by atoms with Gasteiger partial charge in [-0.05, 0) is 42.3 Å². The molecule has 5 nitrogen and oxygen atoms in total. The number of alkyl halides is 3. The van der Waals surface area contributed by atoms with Crippen LogP contribution in [0.2, 0.25) is 5.02 Å². The predicted octanol–water partition coefficient (Wildman–Crippen LogP) is 3.65. The molecule has 1 saturated heterocycles. The number of rotatable bonds is 2. The molecule has 1 atom stereocenters. The number of piperazine rings is 1. The molecule has 0 spiro atoms. The summed E-state index contributed by atoms with van der Waals surface area (Å²) in [7, 11) is 0. The highest BCUT2D eigenvalue weighted by atomic mass is 35.5. The van der Waals surface area contributed by atoms with Crippen molar-refractivity contribution < 1.29 is 22.7 Å². The largest absolute Gasteiger partial charge is 0.492 e. The number of halogens is 4. The second-order valence-electron chi connectivity index (χ2n) is 7.18. The van der Waals surface area contributed by atoms with Crippen LogP contribution < -0.4 is 9.64 Å². The Morgan fingerprint density at radius 2 is 1.90 bits per heavy atom. The Morgan fingerprint density at radius 3 is 2.55 bits per heavy atom. The summed E-state index contributed by atoms with van der Waals surface area (Å²) in [6, 6.07) is 7.80. The molecule has 1 aromatic heterocycles. The first kappa shape index (κ1) is 19.8. The lowest BCUT2D eigenvalue weighted by atomic mass is 9.95. The van der Waals surface area contributed by atoms with Crippen molar-refractivity contribution in [2.24, 2.45) is 5.92 Å². The lowest BCUT2D eigenvalue weighted by molar-refractivity contribution is -0.138. The maximum atomic E-state index is 12.9. The standard InChI is InChI=1S/C20H19ClF3N3O2/c21-16-2-3-17-13(10-16)9-14(12-29-17)19(28)27-7-5-26(6-8-27)18-4-1-15(11-25-18)20(22,23)24/h1-4,10-11,14H,5-9,12H2. The SMILES string of the molecule is O=C(C1COc2ccc(Cl)cc2C1)N1CCN(c2ccc(C(F)(F)F)cn2)CC1. The number of ether oxygens (including phenoxy) is 1. The molecule has 1 amide bonds. The quantitative estimate of drug-likeness (QED) is 0.736. The van der Waals surface area contributed by atoms with E-state index in [1.807, 2.05) is 17.0 Å². The van der Waals surface area contributed by atoms with Gasteiger partial charge >= 0.3 is 6.18 Å². The van der Waals surface area contributed by atoms with Gasteiger partial charge in [0.05, 0.1) is 11.5 Å². The molecule has 0 bridgehead atoms. The summed E-state index contributed by atoms with van der Waals surface area (Å²) in [5.74, 6) is 0.999. The monoisotopic (exact) mass is 425 g/mol. The normalized spacial score (nSPS) is 19.5. The van der Waals surface area contributed by atoms with E-state index in [-0.39, 0.29) is 11.8 Å². The van der Waals surface area contributed by atoms with E-state index >= 15 is 0 Å². The Hall–Kier alpha value is -2.48. The minimum absolute atomic E-state index is 0.0238. The van der Waals surface area contributed by atoms with Crippen LogP contribution in [-0.4, -0.2) is 48.6 Å². The first-order chi connectivity index (χ1) is 13.8. The van der Waals surface area contributed by atoms with Gasteiger partial charge in [-0.2, -0.15) is 13.2 Å². The number of pyridine rings is 1. The van der Waals surface area contributed by atoms with Crippen molar-refractivity contribution in [1.29, 1.82) is 0 Å². The molecular weight excluding hydrogens is 407 g/mol. The molecule has 0 saturated carbocycles. The molecule has 154 valence electrons. The Kier molecular flexibility index (Phi) is 5.29. The first-order valence-corrected chi connectivity index (χ1v) is 9.67. The fourth-order valence-electron chi connectivity index (χ4n) is 3.68. The number of amides is 1. The van der Waals surface area contributed by atoms with E-state index in [4.69, 9.17) is 16.3 Å². The number of carbonyl (C=O) groups excluding carboxylic acids is 1. The highest BCUT2D eigenvalue weighted by Gasteiger charge is 2.33. The van der Waals surface area contributed by atoms with Crippen LogP contribution in [-0.2, 0) is 17.4 Å². The average Bonchev–Trinajstić information content (AvgIpc) is 2.72. The summed E-state index contributed by atoms with van der Waals surface area (Å²) >= 11 is 6.04. The van der Waals surface area contributed by atoms with Gasteiger partial charge in [0.25, 0.3) is 0 Å². The lowest BCUT2D eigenvalue weighted by Crippen LogP contribution is -2.51. The molecule has 0 N–H and O–H groups in total. The second kappa shape index (κ2) is 7.74. The molecule has 2 aromatic rings. The molecule has 2 aliphatic rings. The number of hydrogen-bond acceptors (Lipinski definition) is 4. The number of aromatic nitrogens is 1. The number of nitrogens with zero attached hydrogens (tertiary/aromatic N) is 3. The van der Waals surface area contributed by atoms with E-state index in [1.165, 1.54) is 6.07 Å². The Bertz CT molecular complexity index is 897. The fraction of sp³-hybridized carbons (Fsp3) is 0.400. The average molecular weight is 426 g/mol. The third-order valence-electron chi connectivity index (χ3n) is 5.27. The van der Waals surface area contributed by atoms with Crippen molar-refractivity contribution in [2.45, 2.75) is 12.6 Å². The van der Waals surface area contributed by atoms with Crippen molar-refractivity contribution in [3.8, 4) is 5.75 Å². The van der Waals surface area contributed by atoms with Gasteiger partial charge in [-0.15, -0.1) is 0 Å². The summed E-state index contributed by atoms with van der Waals surface area (Å²) in [5, 5.41) is 0.609. The molecule has 4 rings (SSSR count). The van der Waals surface area contributed by atoms with Crippen molar-refractivity contribution in [3.63, 3.8) is 0 Å². The van der Waals surface area contributed by atoms with Crippen LogP contribution >= 0.6 is 11.6 Å². The summed E-state index contributed by atoms with van der Waals surface area (Å²) in [6.07, 6.45) is -2.98. The summed E-state index contributed by atoms with van der Waals surface area (Å²) in [5.41, 5.74) is 0.155. The van der Waals surface area contributed by atoms with Gasteiger partial charge in [0.2, 0.25) is 5.91 Å². The Morgan fingerprint density at radius 1 is 1.14 bits per heavy atom. The molecule has 1 unspecified atom stereocenters. The third kappa shape index (κ3) is 4.27. The van der Waals surface area contributed by atoms with Crippen LogP contribution in [0.25, 0.3) is 0 Å². The van der Waals surface area contributed by atoms with Gasteiger partial charge in [0, 0.05) is 37.4 Å². The lowest BCUT2D eigenvalue weighted by Gasteiger charge is -2.37. The Labute approximate surface area is 171 Å². The Balaban J connectivity index is 1.35. The van der Waals surface area contributed by atoms with Crippen molar-refractivity contribution >= 4 is 23.3 Å². The van der Waals surface area contributed by atoms with Crippen LogP contribution in [0.1, 0.15) is 11.1 Å². The van der Waals surface area contributed by atoms with Crippen LogP contribution in [0.5, 0.6) is 5.75 Å². The van der Waals surface area contributed by atoms with Crippen LogP contribution in [0, 0.1) is 5.92 Å². The van der Waals surface area contributed by atoms with E-state index in [9.17, 15) is 18.0 Å². The van der Waals surface area contributed by atoms with Gasteiger partial charge in [0.1, 0.15) is 18.2 Å². The van der Waals surface area contributed by atoms with Gasteiger partial charge in [-0.25, -0.2) is 4.98 Å². The number of fused-ring (bicyclic) bond motifs is 1. The van der Waals surface area contributed by atoms with Crippen molar-refractivity contribution in [3.05, 3.63) is 52.7 Å². The maximum Gasteiger partial charge on any atom is 0.417 e. The molecule has 0 aliphatic carbocycles. The number of anilines is 1. The summed E-state index contributed by atoms with van der Waals surface area (Å²) in [4.78, 5) is 20.5. The minimum Gasteiger partial charge on any atom is -0.492 e. The number of hydrogen-bond donors (Lipinski definition) is 0. The summed E-state index contributed by atoms with van der Waals surface area (Å²) < 4.78 is 43.7. The second-order valence-corrected chi connectivity index (χ2v) is 7.62. The zero-order valence-electron chi connectivity index (χ0n) is 15.5. The molecule has 1 fully saturated rings. The first-order valence-electron chi connectivity index (χ1n) is 9.29.